The summed E-state index contributed by atoms with van der Waals surface area (Å²) >= 11 is 0. The fourth-order valence-corrected chi connectivity index (χ4v) is 8.31. The van der Waals surface area contributed by atoms with Crippen molar-refractivity contribution in [2.45, 2.75) is 0 Å². The van der Waals surface area contributed by atoms with Crippen LogP contribution in [0.3, 0.4) is 0 Å². The SMILES string of the molecule is c1ccc2c(-c3ccc4oc5ccc(-c6ccc7cc(-c8cc9ccc%10ccccc%10c9c9ccccc89)ccc7c6)cc5c4c3)cccc2c1. The monoisotopic (exact) mass is 646 g/mol. The van der Waals surface area contributed by atoms with E-state index in [1.165, 1.54) is 87.2 Å². The molecule has 236 valence electrons. The van der Waals surface area contributed by atoms with E-state index in [4.69, 9.17) is 4.42 Å². The number of furan rings is 1. The van der Waals surface area contributed by atoms with Crippen LogP contribution < -0.4 is 0 Å². The number of hydrogen-bond acceptors (Lipinski definition) is 1. The molecule has 1 heterocycles. The van der Waals surface area contributed by atoms with E-state index in [2.05, 4.69) is 182 Å². The number of hydrogen-bond donors (Lipinski definition) is 0. The van der Waals surface area contributed by atoms with Crippen LogP contribution in [-0.4, -0.2) is 0 Å². The summed E-state index contributed by atoms with van der Waals surface area (Å²) in [5.41, 5.74) is 9.12. The Morgan fingerprint density at radius 1 is 0.255 bits per heavy atom. The lowest BCUT2D eigenvalue weighted by Gasteiger charge is -2.14. The maximum Gasteiger partial charge on any atom is 0.135 e. The molecule has 0 saturated heterocycles. The average Bonchev–Trinajstić information content (AvgIpc) is 3.57. The first-order valence-electron chi connectivity index (χ1n) is 17.6. The predicted molar refractivity (Wildman–Crippen MR) is 218 cm³/mol. The van der Waals surface area contributed by atoms with Gasteiger partial charge in [0, 0.05) is 10.8 Å². The molecule has 0 saturated carbocycles. The zero-order valence-electron chi connectivity index (χ0n) is 27.7. The van der Waals surface area contributed by atoms with Crippen LogP contribution in [0.4, 0.5) is 0 Å². The van der Waals surface area contributed by atoms with Gasteiger partial charge in [-0.05, 0) is 130 Å². The van der Waals surface area contributed by atoms with Gasteiger partial charge >= 0.3 is 0 Å². The van der Waals surface area contributed by atoms with Gasteiger partial charge in [0.15, 0.2) is 0 Å². The summed E-state index contributed by atoms with van der Waals surface area (Å²) in [5.74, 6) is 0. The summed E-state index contributed by atoms with van der Waals surface area (Å²) in [4.78, 5) is 0. The number of benzene rings is 10. The molecule has 0 amide bonds. The van der Waals surface area contributed by atoms with Crippen LogP contribution in [0, 0.1) is 0 Å². The van der Waals surface area contributed by atoms with E-state index in [-0.39, 0.29) is 0 Å². The Morgan fingerprint density at radius 3 is 1.57 bits per heavy atom. The summed E-state index contributed by atoms with van der Waals surface area (Å²) < 4.78 is 6.33. The van der Waals surface area contributed by atoms with Crippen molar-refractivity contribution in [3.63, 3.8) is 0 Å². The van der Waals surface area contributed by atoms with Gasteiger partial charge in [0.05, 0.1) is 0 Å². The molecule has 0 aliphatic carbocycles. The molecule has 0 N–H and O–H groups in total. The Bertz CT molecular complexity index is 3190. The molecule has 0 bridgehead atoms. The van der Waals surface area contributed by atoms with Crippen molar-refractivity contribution in [2.24, 2.45) is 0 Å². The van der Waals surface area contributed by atoms with Crippen LogP contribution in [0.15, 0.2) is 186 Å². The van der Waals surface area contributed by atoms with Gasteiger partial charge in [0.25, 0.3) is 0 Å². The van der Waals surface area contributed by atoms with Crippen molar-refractivity contribution in [3.05, 3.63) is 182 Å². The summed E-state index contributed by atoms with van der Waals surface area (Å²) in [5, 5.41) is 15.0. The van der Waals surface area contributed by atoms with E-state index in [0.717, 1.165) is 21.9 Å². The van der Waals surface area contributed by atoms with Crippen molar-refractivity contribution in [1.82, 2.24) is 0 Å². The molecule has 0 spiro atoms. The fourth-order valence-electron chi connectivity index (χ4n) is 8.31. The lowest BCUT2D eigenvalue weighted by atomic mass is 9.90. The molecule has 1 heteroatoms. The molecular weight excluding hydrogens is 617 g/mol. The van der Waals surface area contributed by atoms with Crippen LogP contribution >= 0.6 is 0 Å². The molecule has 0 aliphatic heterocycles. The largest absolute Gasteiger partial charge is 0.456 e. The summed E-state index contributed by atoms with van der Waals surface area (Å²) in [7, 11) is 0. The quantitative estimate of drug-likeness (QED) is 0.174. The van der Waals surface area contributed by atoms with Gasteiger partial charge in [0.2, 0.25) is 0 Å². The molecule has 1 nitrogen and oxygen atoms in total. The molecule has 0 radical (unpaired) electrons. The van der Waals surface area contributed by atoms with Crippen molar-refractivity contribution in [1.29, 1.82) is 0 Å². The molecule has 1 aromatic heterocycles. The summed E-state index contributed by atoms with van der Waals surface area (Å²) in [6, 6.07) is 66.4. The minimum atomic E-state index is 0.907. The second-order valence-corrected chi connectivity index (χ2v) is 13.7. The molecule has 11 rings (SSSR count). The lowest BCUT2D eigenvalue weighted by Crippen LogP contribution is -1.87. The van der Waals surface area contributed by atoms with E-state index in [1.807, 2.05) is 0 Å². The Hall–Kier alpha value is -6.70. The molecule has 0 fully saturated rings. The highest BCUT2D eigenvalue weighted by atomic mass is 16.3. The van der Waals surface area contributed by atoms with Gasteiger partial charge in [-0.3, -0.25) is 0 Å². The van der Waals surface area contributed by atoms with Crippen molar-refractivity contribution in [2.75, 3.05) is 0 Å². The van der Waals surface area contributed by atoms with Gasteiger partial charge in [-0.15, -0.1) is 0 Å². The Balaban J connectivity index is 1.01. The standard InChI is InChI=1S/C50H30O/c1-3-11-40-31(8-1)10-7-15-41(40)38-23-25-49-47(29-38)46-28-36(22-24-48(46)51-49)34-17-18-35-27-37(20-19-33(35)26-34)45-30-39-21-16-32-9-2-4-12-42(32)50(39)44-14-6-5-13-43(44)45/h1-30H. The predicted octanol–water partition coefficient (Wildman–Crippen LogP) is 14.4. The van der Waals surface area contributed by atoms with E-state index in [0.29, 0.717) is 0 Å². The summed E-state index contributed by atoms with van der Waals surface area (Å²) in [6.07, 6.45) is 0. The highest BCUT2D eigenvalue weighted by Gasteiger charge is 2.14. The molecule has 51 heavy (non-hydrogen) atoms. The van der Waals surface area contributed by atoms with E-state index >= 15 is 0 Å². The smallest absolute Gasteiger partial charge is 0.135 e. The molecule has 0 aliphatic rings. The second-order valence-electron chi connectivity index (χ2n) is 13.7. The first-order chi connectivity index (χ1) is 25.2. The first-order valence-corrected chi connectivity index (χ1v) is 17.6. The van der Waals surface area contributed by atoms with Gasteiger partial charge in [0.1, 0.15) is 11.2 Å². The third-order valence-corrected chi connectivity index (χ3v) is 10.8. The van der Waals surface area contributed by atoms with E-state index < -0.39 is 0 Å². The molecular formula is C50H30O. The van der Waals surface area contributed by atoms with E-state index in [1.54, 1.807) is 0 Å². The minimum Gasteiger partial charge on any atom is -0.456 e. The van der Waals surface area contributed by atoms with Crippen LogP contribution in [0.1, 0.15) is 0 Å². The lowest BCUT2D eigenvalue weighted by molar-refractivity contribution is 0.669. The number of rotatable bonds is 3. The molecule has 0 atom stereocenters. The van der Waals surface area contributed by atoms with Crippen LogP contribution in [0.25, 0.3) is 109 Å². The number of fused-ring (bicyclic) bond motifs is 10. The molecule has 11 aromatic rings. The van der Waals surface area contributed by atoms with Gasteiger partial charge in [-0.1, -0.05) is 140 Å². The van der Waals surface area contributed by atoms with Gasteiger partial charge in [-0.25, -0.2) is 0 Å². The third-order valence-electron chi connectivity index (χ3n) is 10.8. The first kappa shape index (κ1) is 28.2. The second kappa shape index (κ2) is 10.9. The van der Waals surface area contributed by atoms with Crippen LogP contribution in [-0.2, 0) is 0 Å². The summed E-state index contributed by atoms with van der Waals surface area (Å²) in [6.45, 7) is 0. The fraction of sp³-hybridized carbons (Fsp3) is 0. The maximum atomic E-state index is 6.33. The van der Waals surface area contributed by atoms with Crippen molar-refractivity contribution < 1.29 is 4.42 Å². The third kappa shape index (κ3) is 4.42. The Kier molecular flexibility index (Phi) is 6.02. The molecule has 0 unspecified atom stereocenters. The van der Waals surface area contributed by atoms with E-state index in [9.17, 15) is 0 Å². The minimum absolute atomic E-state index is 0.907. The average molecular weight is 647 g/mol. The van der Waals surface area contributed by atoms with Crippen molar-refractivity contribution >= 4 is 75.8 Å². The van der Waals surface area contributed by atoms with Crippen LogP contribution in [0.2, 0.25) is 0 Å². The topological polar surface area (TPSA) is 13.1 Å². The highest BCUT2D eigenvalue weighted by molar-refractivity contribution is 6.23. The maximum absolute atomic E-state index is 6.33. The zero-order chi connectivity index (χ0) is 33.5. The highest BCUT2D eigenvalue weighted by Crippen LogP contribution is 2.40. The normalized spacial score (nSPS) is 11.9. The Labute approximate surface area is 294 Å². The van der Waals surface area contributed by atoms with Crippen LogP contribution in [0.5, 0.6) is 0 Å². The zero-order valence-corrected chi connectivity index (χ0v) is 27.7. The molecule has 10 aromatic carbocycles. The van der Waals surface area contributed by atoms with Gasteiger partial charge < -0.3 is 4.42 Å². The van der Waals surface area contributed by atoms with Crippen molar-refractivity contribution in [3.8, 4) is 33.4 Å². The Morgan fingerprint density at radius 2 is 0.765 bits per heavy atom. The van der Waals surface area contributed by atoms with Gasteiger partial charge in [-0.2, -0.15) is 0 Å².